The minimum atomic E-state index is -2.01. The average Bonchev–Trinajstić information content (AvgIpc) is 3.36. The van der Waals surface area contributed by atoms with Gasteiger partial charge in [0.1, 0.15) is 17.2 Å². The van der Waals surface area contributed by atoms with Crippen LogP contribution < -0.4 is 10.2 Å². The Morgan fingerprint density at radius 1 is 1.18 bits per heavy atom. The molecule has 0 aliphatic carbocycles. The lowest BCUT2D eigenvalue weighted by Crippen LogP contribution is -2.56. The molecule has 10 nitrogen and oxygen atoms in total. The highest BCUT2D eigenvalue weighted by molar-refractivity contribution is 6.59. The van der Waals surface area contributed by atoms with E-state index in [1.165, 1.54) is 18.5 Å². The number of ether oxygens (including phenoxy) is 1. The van der Waals surface area contributed by atoms with Crippen LogP contribution in [-0.4, -0.2) is 90.4 Å². The number of carbonyl (C=O) groups excluding carboxylic acids is 2. The van der Waals surface area contributed by atoms with E-state index in [0.29, 0.717) is 60.0 Å². The fraction of sp³-hybridized carbons (Fsp3) is 0.458. The topological polar surface area (TPSA) is 105 Å². The minimum absolute atomic E-state index is 0.102. The molecular formula is C24H25B3FN7O3. The van der Waals surface area contributed by atoms with Crippen LogP contribution in [0.15, 0.2) is 24.5 Å². The van der Waals surface area contributed by atoms with Gasteiger partial charge < -0.3 is 24.4 Å². The number of hydrogen-bond donors (Lipinski definition) is 1. The molecule has 14 heteroatoms. The van der Waals surface area contributed by atoms with E-state index >= 15 is 4.39 Å². The fourth-order valence-electron chi connectivity index (χ4n) is 4.80. The number of nitrogens with zero attached hydrogens (tertiary/aromatic N) is 6. The van der Waals surface area contributed by atoms with Gasteiger partial charge in [-0.2, -0.15) is 0 Å². The highest BCUT2D eigenvalue weighted by atomic mass is 19.1. The molecule has 0 bridgehead atoms. The number of halogens is 1. The summed E-state index contributed by atoms with van der Waals surface area (Å²) >= 11 is 0. The molecule has 1 N–H and O–H groups in total. The first kappa shape index (κ1) is 26.1. The van der Waals surface area contributed by atoms with Crippen molar-refractivity contribution in [3.8, 4) is 11.1 Å². The van der Waals surface area contributed by atoms with Crippen LogP contribution >= 0.6 is 0 Å². The van der Waals surface area contributed by atoms with Gasteiger partial charge in [-0.15, -0.1) is 0 Å². The second-order valence-corrected chi connectivity index (χ2v) is 10.5. The summed E-state index contributed by atoms with van der Waals surface area (Å²) in [5.41, 5.74) is 1.04. The molecule has 5 rings (SSSR count). The van der Waals surface area contributed by atoms with Gasteiger partial charge in [0.15, 0.2) is 0 Å². The van der Waals surface area contributed by atoms with Crippen molar-refractivity contribution in [2.24, 2.45) is 0 Å². The van der Waals surface area contributed by atoms with Crippen LogP contribution in [0.25, 0.3) is 22.2 Å². The number of carbonyl (C=O) groups is 2. The molecule has 0 spiro atoms. The van der Waals surface area contributed by atoms with E-state index in [4.69, 9.17) is 28.3 Å². The van der Waals surface area contributed by atoms with Crippen molar-refractivity contribution in [3.05, 3.63) is 36.2 Å². The standard InChI is InChI=1S/C24H25B3FN7O3/c1-23(2,3)38-22(37)35(24(25,26)27)17-4-6-34-18-8-14(15(28)9-16(18)32-20(17)34)13-10-30-21(31-11-13)33-7-5-29-19(36)12-33/h8-11,17H,4-7,12H2,1-3H3,(H,29,36)/t17-/m1/s1. The number of imidazole rings is 1. The Bertz CT molecular complexity index is 1400. The first-order valence-electron chi connectivity index (χ1n) is 12.2. The summed E-state index contributed by atoms with van der Waals surface area (Å²) in [6.07, 6.45) is 2.72. The molecule has 3 aromatic rings. The average molecular weight is 511 g/mol. The van der Waals surface area contributed by atoms with Crippen molar-refractivity contribution >= 4 is 52.5 Å². The molecule has 0 unspecified atom stereocenters. The van der Waals surface area contributed by atoms with Gasteiger partial charge in [-0.3, -0.25) is 4.79 Å². The van der Waals surface area contributed by atoms with Crippen LogP contribution in [0.3, 0.4) is 0 Å². The Morgan fingerprint density at radius 2 is 1.89 bits per heavy atom. The van der Waals surface area contributed by atoms with Crippen molar-refractivity contribution < 1.29 is 18.7 Å². The molecule has 2 aromatic heterocycles. The predicted octanol–water partition coefficient (Wildman–Crippen LogP) is 1.37. The molecule has 2 aliphatic rings. The van der Waals surface area contributed by atoms with Gasteiger partial charge in [-0.25, -0.2) is 24.1 Å². The zero-order valence-corrected chi connectivity index (χ0v) is 21.4. The molecule has 1 saturated heterocycles. The second kappa shape index (κ2) is 9.32. The number of aryl methyl sites for hydroxylation is 1. The zero-order valence-electron chi connectivity index (χ0n) is 21.4. The van der Waals surface area contributed by atoms with Crippen molar-refractivity contribution in [1.82, 2.24) is 29.7 Å². The number of anilines is 1. The minimum Gasteiger partial charge on any atom is -0.444 e. The lowest BCUT2D eigenvalue weighted by atomic mass is 9.48. The van der Waals surface area contributed by atoms with E-state index in [-0.39, 0.29) is 12.5 Å². The monoisotopic (exact) mass is 511 g/mol. The van der Waals surface area contributed by atoms with E-state index < -0.39 is 28.8 Å². The summed E-state index contributed by atoms with van der Waals surface area (Å²) in [4.78, 5) is 40.8. The highest BCUT2D eigenvalue weighted by Crippen LogP contribution is 2.38. The van der Waals surface area contributed by atoms with Crippen molar-refractivity contribution in [2.45, 2.75) is 50.6 Å². The van der Waals surface area contributed by atoms with Gasteiger partial charge in [-0.05, 0) is 33.3 Å². The first-order valence-corrected chi connectivity index (χ1v) is 12.2. The molecule has 38 heavy (non-hydrogen) atoms. The van der Waals surface area contributed by atoms with Crippen molar-refractivity contribution in [3.63, 3.8) is 0 Å². The number of rotatable bonds is 4. The lowest BCUT2D eigenvalue weighted by Gasteiger charge is -2.41. The van der Waals surface area contributed by atoms with E-state index in [1.54, 1.807) is 31.7 Å². The van der Waals surface area contributed by atoms with Crippen molar-refractivity contribution in [1.29, 1.82) is 0 Å². The number of aromatic nitrogens is 4. The molecule has 4 heterocycles. The third kappa shape index (κ3) is 4.95. The van der Waals surface area contributed by atoms with Gasteiger partial charge in [0.25, 0.3) is 0 Å². The third-order valence-corrected chi connectivity index (χ3v) is 6.38. The SMILES string of the molecule is [B]C([B])([B])N(C(=O)OC(C)(C)C)[C@@H]1CCn2c1nc1cc(F)c(-c3cnc(N4CCNC(=O)C4)nc3)cc12. The van der Waals surface area contributed by atoms with Crippen LogP contribution in [0.1, 0.15) is 39.1 Å². The van der Waals surface area contributed by atoms with E-state index in [0.717, 1.165) is 4.90 Å². The van der Waals surface area contributed by atoms with Gasteiger partial charge >= 0.3 is 6.09 Å². The molecule has 2 aliphatic heterocycles. The maximum atomic E-state index is 15.2. The fourth-order valence-corrected chi connectivity index (χ4v) is 4.80. The van der Waals surface area contributed by atoms with Crippen LogP contribution in [0.4, 0.5) is 15.1 Å². The first-order chi connectivity index (χ1) is 17.8. The lowest BCUT2D eigenvalue weighted by molar-refractivity contribution is -0.120. The van der Waals surface area contributed by atoms with Gasteiger partial charge in [0.05, 0.1) is 47.2 Å². The molecule has 1 atom stereocenters. The number of fused-ring (bicyclic) bond motifs is 3. The quantitative estimate of drug-likeness (QED) is 0.528. The summed E-state index contributed by atoms with van der Waals surface area (Å²) in [7, 11) is 17.9. The second-order valence-electron chi connectivity index (χ2n) is 10.5. The van der Waals surface area contributed by atoms with E-state index in [2.05, 4.69) is 20.3 Å². The highest BCUT2D eigenvalue weighted by Gasteiger charge is 2.41. The zero-order chi connectivity index (χ0) is 27.4. The molecule has 190 valence electrons. The normalized spacial score (nSPS) is 17.8. The Morgan fingerprint density at radius 3 is 2.53 bits per heavy atom. The number of piperazine rings is 1. The van der Waals surface area contributed by atoms with E-state index in [9.17, 15) is 9.59 Å². The third-order valence-electron chi connectivity index (χ3n) is 6.38. The van der Waals surface area contributed by atoms with Crippen LogP contribution in [0, 0.1) is 5.82 Å². The maximum Gasteiger partial charge on any atom is 0.409 e. The molecule has 1 aromatic carbocycles. The largest absolute Gasteiger partial charge is 0.444 e. The van der Waals surface area contributed by atoms with Crippen LogP contribution in [0.2, 0.25) is 0 Å². The molecule has 6 radical (unpaired) electrons. The van der Waals surface area contributed by atoms with Gasteiger partial charge in [-0.1, -0.05) is 5.24 Å². The van der Waals surface area contributed by atoms with Crippen LogP contribution in [-0.2, 0) is 16.1 Å². The Labute approximate surface area is 223 Å². The van der Waals surface area contributed by atoms with Crippen LogP contribution in [0.5, 0.6) is 0 Å². The number of hydrogen-bond acceptors (Lipinski definition) is 7. The summed E-state index contributed by atoms with van der Waals surface area (Å²) in [6.45, 7) is 6.91. The van der Waals surface area contributed by atoms with Crippen molar-refractivity contribution in [2.75, 3.05) is 24.5 Å². The molecule has 2 amide bonds. The molecular weight excluding hydrogens is 486 g/mol. The summed E-state index contributed by atoms with van der Waals surface area (Å²) in [5.74, 6) is 0.265. The number of amides is 2. The van der Waals surface area contributed by atoms with E-state index in [1.807, 2.05) is 4.57 Å². The predicted molar refractivity (Wildman–Crippen MR) is 141 cm³/mol. The summed E-state index contributed by atoms with van der Waals surface area (Å²) < 4.78 is 22.6. The summed E-state index contributed by atoms with van der Waals surface area (Å²) in [6, 6.07) is 2.33. The molecule has 0 saturated carbocycles. The Balaban J connectivity index is 1.48. The number of benzene rings is 1. The Kier molecular flexibility index (Phi) is 6.39. The molecule has 1 fully saturated rings. The van der Waals surface area contributed by atoms with Gasteiger partial charge in [0.2, 0.25) is 11.9 Å². The summed E-state index contributed by atoms with van der Waals surface area (Å²) in [5, 5.41) is 0.743. The smallest absolute Gasteiger partial charge is 0.409 e. The Hall–Kier alpha value is -3.57. The number of nitrogens with one attached hydrogen (secondary N) is 1. The van der Waals surface area contributed by atoms with Gasteiger partial charge in [0, 0.05) is 49.2 Å². The maximum absolute atomic E-state index is 15.2.